The first-order valence-electron chi connectivity index (χ1n) is 9.86. The average Bonchev–Trinajstić information content (AvgIpc) is 3.06. The van der Waals surface area contributed by atoms with Gasteiger partial charge < -0.3 is 15.2 Å². The predicted octanol–water partition coefficient (Wildman–Crippen LogP) is 3.96. The van der Waals surface area contributed by atoms with Crippen LogP contribution in [0.2, 0.25) is 0 Å². The van der Waals surface area contributed by atoms with Crippen LogP contribution < -0.4 is 10.6 Å². The number of nitrogens with one attached hydrogen (secondary N) is 2. The number of benzene rings is 2. The quantitative estimate of drug-likeness (QED) is 0.527. The number of hydrogen-bond acceptors (Lipinski definition) is 3. The van der Waals surface area contributed by atoms with Gasteiger partial charge in [-0.1, -0.05) is 42.5 Å². The highest BCUT2D eigenvalue weighted by molar-refractivity contribution is 6.07. The topological polar surface area (TPSA) is 58.9 Å². The molecule has 0 bridgehead atoms. The van der Waals surface area contributed by atoms with Gasteiger partial charge in [0.2, 0.25) is 5.91 Å². The van der Waals surface area contributed by atoms with Gasteiger partial charge in [-0.15, -0.1) is 0 Å². The molecule has 0 fully saturated rings. The molecular weight excluding hydrogens is 360 g/mol. The van der Waals surface area contributed by atoms with Gasteiger partial charge in [0.25, 0.3) is 0 Å². The molecule has 0 unspecified atom stereocenters. The molecule has 0 aliphatic carbocycles. The van der Waals surface area contributed by atoms with Crippen LogP contribution in [0.1, 0.15) is 25.0 Å². The molecule has 0 spiro atoms. The van der Waals surface area contributed by atoms with Crippen LogP contribution in [0.25, 0.3) is 21.9 Å². The molecular formula is C24H26N4O. The maximum absolute atomic E-state index is 12.7. The van der Waals surface area contributed by atoms with Gasteiger partial charge in [-0.05, 0) is 50.2 Å². The van der Waals surface area contributed by atoms with Gasteiger partial charge in [0.1, 0.15) is 12.2 Å². The van der Waals surface area contributed by atoms with E-state index in [0.717, 1.165) is 27.5 Å². The number of para-hydroxylation sites is 1. The fourth-order valence-corrected chi connectivity index (χ4v) is 3.62. The molecule has 0 saturated heterocycles. The summed E-state index contributed by atoms with van der Waals surface area (Å²) in [6.45, 7) is 5.03. The first kappa shape index (κ1) is 19.2. The molecule has 4 aromatic rings. The van der Waals surface area contributed by atoms with E-state index < -0.39 is 0 Å². The van der Waals surface area contributed by atoms with E-state index in [1.807, 2.05) is 41.9 Å². The smallest absolute Gasteiger partial charge is 0.240 e. The van der Waals surface area contributed by atoms with E-state index in [1.165, 1.54) is 5.56 Å². The average molecular weight is 386 g/mol. The summed E-state index contributed by atoms with van der Waals surface area (Å²) in [6, 6.07) is 20.4. The molecule has 2 aromatic carbocycles. The summed E-state index contributed by atoms with van der Waals surface area (Å²) in [4.78, 5) is 17.2. The van der Waals surface area contributed by atoms with Gasteiger partial charge in [-0.3, -0.25) is 4.79 Å². The zero-order chi connectivity index (χ0) is 20.4. The van der Waals surface area contributed by atoms with Gasteiger partial charge in [-0.2, -0.15) is 0 Å². The molecule has 29 heavy (non-hydrogen) atoms. The Balaban J connectivity index is 1.49. The van der Waals surface area contributed by atoms with Crippen LogP contribution in [0.4, 0.5) is 0 Å². The standard InChI is InChI=1S/C24H26N4O/c1-24(2,25-3)18-12-10-17(11-13-18)15-27-22(29)16-28-21-9-5-4-7-19(21)20-8-6-14-26-23(20)28/h4-14,25H,15-16H2,1-3H3,(H,27,29). The van der Waals surface area contributed by atoms with Crippen molar-refractivity contribution in [3.63, 3.8) is 0 Å². The second-order valence-electron chi connectivity index (χ2n) is 7.83. The molecule has 0 aliphatic rings. The van der Waals surface area contributed by atoms with Crippen LogP contribution in [-0.4, -0.2) is 22.5 Å². The van der Waals surface area contributed by atoms with Crippen molar-refractivity contribution in [3.8, 4) is 0 Å². The number of carbonyl (C=O) groups is 1. The lowest BCUT2D eigenvalue weighted by atomic mass is 9.94. The van der Waals surface area contributed by atoms with Crippen molar-refractivity contribution in [1.29, 1.82) is 0 Å². The SMILES string of the molecule is CNC(C)(C)c1ccc(CNC(=O)Cn2c3ccccc3c3cccnc32)cc1. The lowest BCUT2D eigenvalue weighted by Gasteiger charge is -2.24. The molecule has 5 nitrogen and oxygen atoms in total. The Morgan fingerprint density at radius 3 is 2.48 bits per heavy atom. The first-order chi connectivity index (χ1) is 14.0. The van der Waals surface area contributed by atoms with Gasteiger partial charge in [0.05, 0.1) is 5.52 Å². The molecule has 0 radical (unpaired) electrons. The molecule has 1 amide bonds. The van der Waals surface area contributed by atoms with E-state index in [9.17, 15) is 4.79 Å². The summed E-state index contributed by atoms with van der Waals surface area (Å²) in [7, 11) is 1.96. The van der Waals surface area contributed by atoms with Crippen molar-refractivity contribution in [2.45, 2.75) is 32.5 Å². The first-order valence-corrected chi connectivity index (χ1v) is 9.86. The van der Waals surface area contributed by atoms with Crippen molar-refractivity contribution in [2.24, 2.45) is 0 Å². The van der Waals surface area contributed by atoms with E-state index in [4.69, 9.17) is 0 Å². The van der Waals surface area contributed by atoms with Gasteiger partial charge >= 0.3 is 0 Å². The second kappa shape index (κ2) is 7.68. The summed E-state index contributed by atoms with van der Waals surface area (Å²) in [5.41, 5.74) is 4.07. The number of hydrogen-bond donors (Lipinski definition) is 2. The number of carbonyl (C=O) groups excluding carboxylic acids is 1. The summed E-state index contributed by atoms with van der Waals surface area (Å²) >= 11 is 0. The molecule has 0 atom stereocenters. The van der Waals surface area contributed by atoms with Crippen molar-refractivity contribution in [2.75, 3.05) is 7.05 Å². The van der Waals surface area contributed by atoms with Crippen molar-refractivity contribution in [1.82, 2.24) is 20.2 Å². The minimum Gasteiger partial charge on any atom is -0.350 e. The minimum absolute atomic E-state index is 0.0297. The largest absolute Gasteiger partial charge is 0.350 e. The number of aromatic nitrogens is 2. The number of rotatable bonds is 6. The van der Waals surface area contributed by atoms with E-state index in [2.05, 4.69) is 59.8 Å². The monoisotopic (exact) mass is 386 g/mol. The Morgan fingerprint density at radius 1 is 1.00 bits per heavy atom. The van der Waals surface area contributed by atoms with Crippen LogP contribution >= 0.6 is 0 Å². The summed E-state index contributed by atoms with van der Waals surface area (Å²) in [5, 5.41) is 8.52. The molecule has 0 saturated carbocycles. The molecule has 2 heterocycles. The molecule has 2 N–H and O–H groups in total. The molecule has 148 valence electrons. The summed E-state index contributed by atoms with van der Waals surface area (Å²) < 4.78 is 1.98. The Bertz CT molecular complexity index is 1110. The fraction of sp³-hybridized carbons (Fsp3) is 0.250. The van der Waals surface area contributed by atoms with E-state index in [-0.39, 0.29) is 18.0 Å². The van der Waals surface area contributed by atoms with Crippen LogP contribution in [0.5, 0.6) is 0 Å². The van der Waals surface area contributed by atoms with Gasteiger partial charge in [0, 0.05) is 29.1 Å². The van der Waals surface area contributed by atoms with E-state index in [0.29, 0.717) is 6.54 Å². The Kier molecular flexibility index (Phi) is 5.07. The third-order valence-corrected chi connectivity index (χ3v) is 5.62. The highest BCUT2D eigenvalue weighted by atomic mass is 16.1. The number of pyridine rings is 1. The summed E-state index contributed by atoms with van der Waals surface area (Å²) in [6.07, 6.45) is 1.77. The van der Waals surface area contributed by atoms with E-state index in [1.54, 1.807) is 6.20 Å². The van der Waals surface area contributed by atoms with Crippen molar-refractivity contribution < 1.29 is 4.79 Å². The number of amides is 1. The third kappa shape index (κ3) is 3.74. The van der Waals surface area contributed by atoms with Gasteiger partial charge in [0.15, 0.2) is 0 Å². The highest BCUT2D eigenvalue weighted by Gasteiger charge is 2.17. The number of nitrogens with zero attached hydrogens (tertiary/aromatic N) is 2. The molecule has 0 aliphatic heterocycles. The second-order valence-corrected chi connectivity index (χ2v) is 7.83. The lowest BCUT2D eigenvalue weighted by Crippen LogP contribution is -2.33. The summed E-state index contributed by atoms with van der Waals surface area (Å²) in [5.74, 6) is -0.0297. The fourth-order valence-electron chi connectivity index (χ4n) is 3.62. The molecule has 5 heteroatoms. The predicted molar refractivity (Wildman–Crippen MR) is 118 cm³/mol. The lowest BCUT2D eigenvalue weighted by molar-refractivity contribution is -0.121. The normalized spacial score (nSPS) is 11.8. The van der Waals surface area contributed by atoms with Gasteiger partial charge in [-0.25, -0.2) is 4.98 Å². The minimum atomic E-state index is -0.0781. The maximum atomic E-state index is 12.7. The number of fused-ring (bicyclic) bond motifs is 3. The zero-order valence-corrected chi connectivity index (χ0v) is 17.1. The Morgan fingerprint density at radius 2 is 1.72 bits per heavy atom. The van der Waals surface area contributed by atoms with Crippen LogP contribution in [0, 0.1) is 0 Å². The van der Waals surface area contributed by atoms with Crippen LogP contribution in [0.15, 0.2) is 66.9 Å². The van der Waals surface area contributed by atoms with Crippen LogP contribution in [0.3, 0.4) is 0 Å². The highest BCUT2D eigenvalue weighted by Crippen LogP contribution is 2.27. The zero-order valence-electron chi connectivity index (χ0n) is 17.1. The maximum Gasteiger partial charge on any atom is 0.240 e. The Labute approximate surface area is 170 Å². The van der Waals surface area contributed by atoms with Crippen molar-refractivity contribution >= 4 is 27.8 Å². The van der Waals surface area contributed by atoms with Crippen molar-refractivity contribution in [3.05, 3.63) is 78.0 Å². The third-order valence-electron chi connectivity index (χ3n) is 5.62. The Hall–Kier alpha value is -3.18. The molecule has 4 rings (SSSR count). The molecule has 2 aromatic heterocycles. The van der Waals surface area contributed by atoms with E-state index >= 15 is 0 Å². The van der Waals surface area contributed by atoms with Crippen LogP contribution in [-0.2, 0) is 23.4 Å².